The summed E-state index contributed by atoms with van der Waals surface area (Å²) >= 11 is 0. The molecule has 1 rings (SSSR count). The molecule has 1 atom stereocenters. The SMILES string of the molecule is CC(CCN)C(=O)N(C)Cc1ccc[nH]1. The van der Waals surface area contributed by atoms with Crippen molar-refractivity contribution in [2.45, 2.75) is 19.9 Å². The normalized spacial score (nSPS) is 12.5. The third-order valence-electron chi connectivity index (χ3n) is 2.47. The minimum atomic E-state index is 0.00922. The summed E-state index contributed by atoms with van der Waals surface area (Å²) in [7, 11) is 1.82. The van der Waals surface area contributed by atoms with Crippen LogP contribution >= 0.6 is 0 Å². The molecule has 15 heavy (non-hydrogen) atoms. The number of aromatic nitrogens is 1. The van der Waals surface area contributed by atoms with Crippen molar-refractivity contribution < 1.29 is 4.79 Å². The zero-order valence-electron chi connectivity index (χ0n) is 9.36. The first-order valence-corrected chi connectivity index (χ1v) is 5.22. The number of amides is 1. The van der Waals surface area contributed by atoms with Crippen LogP contribution in [0.15, 0.2) is 18.3 Å². The molecule has 0 aromatic carbocycles. The van der Waals surface area contributed by atoms with Gasteiger partial charge in [0.1, 0.15) is 0 Å². The van der Waals surface area contributed by atoms with E-state index in [1.165, 1.54) is 0 Å². The molecule has 0 saturated carbocycles. The zero-order chi connectivity index (χ0) is 11.3. The van der Waals surface area contributed by atoms with E-state index in [0.717, 1.165) is 12.1 Å². The van der Waals surface area contributed by atoms with E-state index in [1.807, 2.05) is 32.3 Å². The quantitative estimate of drug-likeness (QED) is 0.758. The molecule has 1 amide bonds. The van der Waals surface area contributed by atoms with Crippen LogP contribution in [-0.4, -0.2) is 29.4 Å². The molecule has 4 nitrogen and oxygen atoms in total. The second kappa shape index (κ2) is 5.56. The summed E-state index contributed by atoms with van der Waals surface area (Å²) in [6.07, 6.45) is 2.60. The largest absolute Gasteiger partial charge is 0.364 e. The Morgan fingerprint density at radius 2 is 2.40 bits per heavy atom. The third-order valence-corrected chi connectivity index (χ3v) is 2.47. The molecule has 0 radical (unpaired) electrons. The maximum atomic E-state index is 11.8. The molecule has 84 valence electrons. The molecule has 0 aliphatic rings. The lowest BCUT2D eigenvalue weighted by atomic mass is 10.1. The number of H-pyrrole nitrogens is 1. The van der Waals surface area contributed by atoms with Gasteiger partial charge >= 0.3 is 0 Å². The van der Waals surface area contributed by atoms with Gasteiger partial charge in [-0.25, -0.2) is 0 Å². The summed E-state index contributed by atoms with van der Waals surface area (Å²) in [5.74, 6) is 0.157. The summed E-state index contributed by atoms with van der Waals surface area (Å²) in [5, 5.41) is 0. The van der Waals surface area contributed by atoms with Gasteiger partial charge in [-0.15, -0.1) is 0 Å². The topological polar surface area (TPSA) is 62.1 Å². The lowest BCUT2D eigenvalue weighted by Crippen LogP contribution is -2.32. The number of nitrogens with one attached hydrogen (secondary N) is 1. The lowest BCUT2D eigenvalue weighted by Gasteiger charge is -2.20. The Bertz CT molecular complexity index is 295. The van der Waals surface area contributed by atoms with E-state index in [9.17, 15) is 4.79 Å². The van der Waals surface area contributed by atoms with Gasteiger partial charge in [-0.05, 0) is 25.1 Å². The Morgan fingerprint density at radius 3 is 2.93 bits per heavy atom. The maximum Gasteiger partial charge on any atom is 0.225 e. The molecular formula is C11H19N3O. The van der Waals surface area contributed by atoms with E-state index in [0.29, 0.717) is 13.1 Å². The van der Waals surface area contributed by atoms with E-state index < -0.39 is 0 Å². The third kappa shape index (κ3) is 3.40. The van der Waals surface area contributed by atoms with Gasteiger partial charge in [0.2, 0.25) is 5.91 Å². The van der Waals surface area contributed by atoms with Crippen LogP contribution in [0.5, 0.6) is 0 Å². The second-order valence-corrected chi connectivity index (χ2v) is 3.87. The Kier molecular flexibility index (Phi) is 4.37. The average Bonchev–Trinajstić information content (AvgIpc) is 2.69. The van der Waals surface area contributed by atoms with Gasteiger partial charge in [0.25, 0.3) is 0 Å². The summed E-state index contributed by atoms with van der Waals surface area (Å²) in [5.41, 5.74) is 6.47. The summed E-state index contributed by atoms with van der Waals surface area (Å²) in [4.78, 5) is 16.6. The highest BCUT2D eigenvalue weighted by molar-refractivity contribution is 5.78. The minimum absolute atomic E-state index is 0.00922. The van der Waals surface area contributed by atoms with Crippen molar-refractivity contribution in [3.05, 3.63) is 24.0 Å². The van der Waals surface area contributed by atoms with Crippen LogP contribution in [0.2, 0.25) is 0 Å². The minimum Gasteiger partial charge on any atom is -0.364 e. The molecule has 0 fully saturated rings. The smallest absolute Gasteiger partial charge is 0.225 e. The van der Waals surface area contributed by atoms with Crippen LogP contribution in [-0.2, 0) is 11.3 Å². The van der Waals surface area contributed by atoms with Crippen molar-refractivity contribution >= 4 is 5.91 Å². The number of rotatable bonds is 5. The lowest BCUT2D eigenvalue weighted by molar-refractivity contribution is -0.134. The number of carbonyl (C=O) groups is 1. The van der Waals surface area contributed by atoms with Crippen molar-refractivity contribution in [1.82, 2.24) is 9.88 Å². The van der Waals surface area contributed by atoms with Crippen LogP contribution in [0.3, 0.4) is 0 Å². The van der Waals surface area contributed by atoms with E-state index >= 15 is 0 Å². The molecule has 4 heteroatoms. The maximum absolute atomic E-state index is 11.8. The molecule has 3 N–H and O–H groups in total. The second-order valence-electron chi connectivity index (χ2n) is 3.87. The van der Waals surface area contributed by atoms with Crippen molar-refractivity contribution in [3.8, 4) is 0 Å². The molecular weight excluding hydrogens is 190 g/mol. The Labute approximate surface area is 90.5 Å². The van der Waals surface area contributed by atoms with Gasteiger partial charge in [0.05, 0.1) is 6.54 Å². The first-order chi connectivity index (χ1) is 7.15. The number of nitrogens with two attached hydrogens (primary N) is 1. The number of nitrogens with zero attached hydrogens (tertiary/aromatic N) is 1. The number of hydrogen-bond donors (Lipinski definition) is 2. The number of aromatic amines is 1. The van der Waals surface area contributed by atoms with E-state index in [1.54, 1.807) is 4.90 Å². The Morgan fingerprint density at radius 1 is 1.67 bits per heavy atom. The fourth-order valence-electron chi connectivity index (χ4n) is 1.55. The highest BCUT2D eigenvalue weighted by Gasteiger charge is 2.16. The van der Waals surface area contributed by atoms with E-state index in [2.05, 4.69) is 4.98 Å². The first kappa shape index (κ1) is 11.8. The molecule has 1 aromatic rings. The molecule has 1 aromatic heterocycles. The summed E-state index contributed by atoms with van der Waals surface area (Å²) in [6, 6.07) is 3.90. The van der Waals surface area contributed by atoms with Crippen LogP contribution in [0.25, 0.3) is 0 Å². The van der Waals surface area contributed by atoms with Gasteiger partial charge in [-0.2, -0.15) is 0 Å². The molecule has 1 heterocycles. The Hall–Kier alpha value is -1.29. The highest BCUT2D eigenvalue weighted by atomic mass is 16.2. The van der Waals surface area contributed by atoms with Crippen molar-refractivity contribution in [3.63, 3.8) is 0 Å². The van der Waals surface area contributed by atoms with Gasteiger partial charge in [0.15, 0.2) is 0 Å². The van der Waals surface area contributed by atoms with Gasteiger partial charge in [-0.3, -0.25) is 4.79 Å². The van der Waals surface area contributed by atoms with E-state index in [4.69, 9.17) is 5.73 Å². The molecule has 1 unspecified atom stereocenters. The van der Waals surface area contributed by atoms with Gasteiger partial charge in [0, 0.05) is 24.9 Å². The fraction of sp³-hybridized carbons (Fsp3) is 0.545. The van der Waals surface area contributed by atoms with Gasteiger partial charge in [-0.1, -0.05) is 6.92 Å². The first-order valence-electron chi connectivity index (χ1n) is 5.22. The van der Waals surface area contributed by atoms with Crippen molar-refractivity contribution in [2.75, 3.05) is 13.6 Å². The fourth-order valence-corrected chi connectivity index (χ4v) is 1.55. The summed E-state index contributed by atoms with van der Waals surface area (Å²) < 4.78 is 0. The summed E-state index contributed by atoms with van der Waals surface area (Å²) in [6.45, 7) is 3.10. The van der Waals surface area contributed by atoms with Crippen LogP contribution in [0, 0.1) is 5.92 Å². The van der Waals surface area contributed by atoms with Crippen LogP contribution < -0.4 is 5.73 Å². The van der Waals surface area contributed by atoms with Crippen LogP contribution in [0.1, 0.15) is 19.0 Å². The number of hydrogen-bond acceptors (Lipinski definition) is 2. The van der Waals surface area contributed by atoms with Crippen molar-refractivity contribution in [1.29, 1.82) is 0 Å². The monoisotopic (exact) mass is 209 g/mol. The predicted molar refractivity (Wildman–Crippen MR) is 60.1 cm³/mol. The standard InChI is InChI=1S/C11H19N3O/c1-9(5-6-12)11(15)14(2)8-10-4-3-7-13-10/h3-4,7,9,13H,5-6,8,12H2,1-2H3. The molecule has 0 saturated heterocycles. The predicted octanol–water partition coefficient (Wildman–Crippen LogP) is 0.958. The van der Waals surface area contributed by atoms with Gasteiger partial charge < -0.3 is 15.6 Å². The Balaban J connectivity index is 2.46. The van der Waals surface area contributed by atoms with Crippen molar-refractivity contribution in [2.24, 2.45) is 11.7 Å². The molecule has 0 spiro atoms. The molecule has 0 aliphatic heterocycles. The number of carbonyl (C=O) groups excluding carboxylic acids is 1. The van der Waals surface area contributed by atoms with E-state index in [-0.39, 0.29) is 11.8 Å². The molecule has 0 bridgehead atoms. The van der Waals surface area contributed by atoms with Crippen LogP contribution in [0.4, 0.5) is 0 Å². The highest BCUT2D eigenvalue weighted by Crippen LogP contribution is 2.08. The average molecular weight is 209 g/mol. The molecule has 0 aliphatic carbocycles. The zero-order valence-corrected chi connectivity index (χ0v) is 9.36.